The molecule has 0 spiro atoms. The Morgan fingerprint density at radius 2 is 2.10 bits per heavy atom. The van der Waals surface area contributed by atoms with Gasteiger partial charge in [-0.1, -0.05) is 37.3 Å². The summed E-state index contributed by atoms with van der Waals surface area (Å²) >= 11 is 0. The maximum Gasteiger partial charge on any atom is 0.270 e. The third-order valence-corrected chi connectivity index (χ3v) is 5.92. The first-order chi connectivity index (χ1) is 14.6. The number of ether oxygens (including phenoxy) is 1. The van der Waals surface area contributed by atoms with E-state index in [1.54, 1.807) is 11.0 Å². The predicted molar refractivity (Wildman–Crippen MR) is 112 cm³/mol. The number of carbonyl (C=O) groups excluding carboxylic acids is 2. The maximum absolute atomic E-state index is 13.2. The molecule has 1 aromatic heterocycles. The molecular weight excluding hydrogens is 380 g/mol. The normalized spacial score (nSPS) is 19.1. The largest absolute Gasteiger partial charge is 0.373 e. The third-order valence-electron chi connectivity index (χ3n) is 5.92. The van der Waals surface area contributed by atoms with Gasteiger partial charge >= 0.3 is 0 Å². The zero-order valence-corrected chi connectivity index (χ0v) is 17.1. The van der Waals surface area contributed by atoms with Gasteiger partial charge in [-0.15, -0.1) is 0 Å². The van der Waals surface area contributed by atoms with E-state index < -0.39 is 0 Å². The summed E-state index contributed by atoms with van der Waals surface area (Å²) in [6.07, 6.45) is 1.47. The van der Waals surface area contributed by atoms with E-state index >= 15 is 0 Å². The van der Waals surface area contributed by atoms with Crippen LogP contribution in [0.25, 0.3) is 4.85 Å². The first-order valence-corrected chi connectivity index (χ1v) is 10.4. The van der Waals surface area contributed by atoms with E-state index in [0.717, 1.165) is 17.7 Å². The molecule has 0 radical (unpaired) electrons. The van der Waals surface area contributed by atoms with Crippen molar-refractivity contribution in [3.8, 4) is 0 Å². The number of fused-ring (bicyclic) bond motifs is 1. The van der Waals surface area contributed by atoms with E-state index in [9.17, 15) is 9.59 Å². The maximum atomic E-state index is 13.2. The van der Waals surface area contributed by atoms with E-state index in [4.69, 9.17) is 11.3 Å². The van der Waals surface area contributed by atoms with Crippen LogP contribution >= 0.6 is 0 Å². The highest BCUT2D eigenvalue weighted by molar-refractivity contribution is 6.01. The van der Waals surface area contributed by atoms with Crippen molar-refractivity contribution in [2.75, 3.05) is 19.7 Å². The zero-order chi connectivity index (χ0) is 21.1. The van der Waals surface area contributed by atoms with Gasteiger partial charge in [-0.2, -0.15) is 0 Å². The number of likely N-dealkylation sites (tertiary alicyclic amines) is 1. The number of hydrogen-bond donors (Lipinski definition) is 1. The van der Waals surface area contributed by atoms with Crippen LogP contribution in [-0.4, -0.2) is 47.0 Å². The predicted octanol–water partition coefficient (Wildman–Crippen LogP) is 3.03. The molecule has 1 fully saturated rings. The van der Waals surface area contributed by atoms with Crippen LogP contribution in [-0.2, 0) is 17.9 Å². The van der Waals surface area contributed by atoms with Crippen molar-refractivity contribution in [3.05, 3.63) is 70.3 Å². The summed E-state index contributed by atoms with van der Waals surface area (Å²) in [5.74, 6) is -0.307. The van der Waals surface area contributed by atoms with E-state index in [1.807, 2.05) is 41.8 Å². The lowest BCUT2D eigenvalue weighted by molar-refractivity contribution is 0.0714. The highest BCUT2D eigenvalue weighted by atomic mass is 16.5. The number of aromatic nitrogens is 1. The van der Waals surface area contributed by atoms with E-state index in [2.05, 4.69) is 10.2 Å². The standard InChI is InChI=1S/C23H26N4O3/c1-3-19(16-7-5-4-6-8-16)25-22(28)18-13-20(27-11-12-30-15-21(18)27)23(29)26-10-9-17(14-26)24-2/h4-8,13,17,19H,3,9-12,14-15H2,1H3,(H,25,28)/t17-,19-/m1/s1. The van der Waals surface area contributed by atoms with Gasteiger partial charge in [0.1, 0.15) is 5.69 Å². The Morgan fingerprint density at radius 1 is 1.30 bits per heavy atom. The summed E-state index contributed by atoms with van der Waals surface area (Å²) in [6, 6.07) is 11.3. The molecule has 0 saturated carbocycles. The summed E-state index contributed by atoms with van der Waals surface area (Å²) in [5.41, 5.74) is 2.80. The summed E-state index contributed by atoms with van der Waals surface area (Å²) in [7, 11) is 0. The van der Waals surface area contributed by atoms with Crippen molar-refractivity contribution in [1.82, 2.24) is 14.8 Å². The lowest BCUT2D eigenvalue weighted by Crippen LogP contribution is -2.32. The highest BCUT2D eigenvalue weighted by Crippen LogP contribution is 2.25. The second-order valence-electron chi connectivity index (χ2n) is 7.76. The molecule has 0 aliphatic carbocycles. The van der Waals surface area contributed by atoms with Gasteiger partial charge < -0.3 is 24.4 Å². The van der Waals surface area contributed by atoms with Crippen molar-refractivity contribution >= 4 is 11.8 Å². The number of benzene rings is 1. The van der Waals surface area contributed by atoms with Gasteiger partial charge in [-0.05, 0) is 18.1 Å². The minimum atomic E-state index is -0.195. The van der Waals surface area contributed by atoms with Crippen molar-refractivity contribution in [1.29, 1.82) is 0 Å². The van der Waals surface area contributed by atoms with Gasteiger partial charge in [0.25, 0.3) is 11.8 Å². The summed E-state index contributed by atoms with van der Waals surface area (Å²) < 4.78 is 7.50. The molecule has 2 aliphatic rings. The van der Waals surface area contributed by atoms with E-state index in [1.165, 1.54) is 0 Å². The molecule has 1 saturated heterocycles. The molecule has 2 amide bonds. The molecule has 156 valence electrons. The minimum Gasteiger partial charge on any atom is -0.373 e. The Kier molecular flexibility index (Phi) is 5.86. The van der Waals surface area contributed by atoms with Crippen LogP contribution in [0.5, 0.6) is 0 Å². The lowest BCUT2D eigenvalue weighted by Gasteiger charge is -2.22. The number of amides is 2. The molecule has 1 aromatic carbocycles. The summed E-state index contributed by atoms with van der Waals surface area (Å²) in [4.78, 5) is 31.6. The first kappa shape index (κ1) is 20.2. The van der Waals surface area contributed by atoms with E-state index in [0.29, 0.717) is 50.5 Å². The molecule has 1 N–H and O–H groups in total. The van der Waals surface area contributed by atoms with Crippen molar-refractivity contribution in [2.24, 2.45) is 0 Å². The number of nitrogens with zero attached hydrogens (tertiary/aromatic N) is 3. The van der Waals surface area contributed by atoms with Gasteiger partial charge in [-0.3, -0.25) is 9.59 Å². The molecule has 2 atom stereocenters. The topological polar surface area (TPSA) is 67.9 Å². The molecule has 4 rings (SSSR count). The van der Waals surface area contributed by atoms with Crippen LogP contribution in [0.15, 0.2) is 36.4 Å². The molecule has 2 aliphatic heterocycles. The fraction of sp³-hybridized carbons (Fsp3) is 0.435. The van der Waals surface area contributed by atoms with Gasteiger partial charge in [0.05, 0.1) is 37.1 Å². The molecule has 7 heteroatoms. The van der Waals surface area contributed by atoms with Crippen LogP contribution in [0.3, 0.4) is 0 Å². The number of carbonyl (C=O) groups is 2. The minimum absolute atomic E-state index is 0.101. The highest BCUT2D eigenvalue weighted by Gasteiger charge is 2.34. The number of hydrogen-bond acceptors (Lipinski definition) is 3. The molecule has 2 aromatic rings. The average molecular weight is 406 g/mol. The van der Waals surface area contributed by atoms with Crippen LogP contribution in [0, 0.1) is 6.57 Å². The monoisotopic (exact) mass is 406 g/mol. The Morgan fingerprint density at radius 3 is 2.80 bits per heavy atom. The Balaban J connectivity index is 1.60. The van der Waals surface area contributed by atoms with E-state index in [-0.39, 0.29) is 23.9 Å². The Bertz CT molecular complexity index is 976. The quantitative estimate of drug-likeness (QED) is 0.776. The van der Waals surface area contributed by atoms with Gasteiger partial charge in [0.2, 0.25) is 6.04 Å². The average Bonchev–Trinajstić information content (AvgIpc) is 3.42. The molecule has 0 unspecified atom stereocenters. The Hall–Kier alpha value is -3.11. The second-order valence-corrected chi connectivity index (χ2v) is 7.76. The van der Waals surface area contributed by atoms with Crippen LogP contribution in [0.4, 0.5) is 0 Å². The molecule has 3 heterocycles. The van der Waals surface area contributed by atoms with Gasteiger partial charge in [0.15, 0.2) is 0 Å². The SMILES string of the molecule is [C-]#[N+][C@@H]1CCN(C(=O)c2cc(C(=O)N[C@H](CC)c3ccccc3)c3n2CCOC3)C1. The van der Waals surface area contributed by atoms with Crippen LogP contribution in [0.2, 0.25) is 0 Å². The zero-order valence-electron chi connectivity index (χ0n) is 17.1. The van der Waals surface area contributed by atoms with Crippen LogP contribution < -0.4 is 5.32 Å². The Labute approximate surface area is 176 Å². The molecule has 0 bridgehead atoms. The molecule has 30 heavy (non-hydrogen) atoms. The lowest BCUT2D eigenvalue weighted by atomic mass is 10.0. The first-order valence-electron chi connectivity index (χ1n) is 10.4. The molecule has 7 nitrogen and oxygen atoms in total. The van der Waals surface area contributed by atoms with Gasteiger partial charge in [0, 0.05) is 19.5 Å². The fourth-order valence-electron chi connectivity index (χ4n) is 4.23. The van der Waals surface area contributed by atoms with Gasteiger partial charge in [-0.25, -0.2) is 6.57 Å². The van der Waals surface area contributed by atoms with Crippen molar-refractivity contribution in [3.63, 3.8) is 0 Å². The summed E-state index contributed by atoms with van der Waals surface area (Å²) in [6.45, 7) is 11.6. The fourth-order valence-corrected chi connectivity index (χ4v) is 4.23. The van der Waals surface area contributed by atoms with Crippen LogP contribution in [0.1, 0.15) is 57.9 Å². The number of rotatable bonds is 5. The third kappa shape index (κ3) is 3.83. The summed E-state index contributed by atoms with van der Waals surface area (Å²) in [5, 5.41) is 3.11. The molecular formula is C23H26N4O3. The smallest absolute Gasteiger partial charge is 0.270 e. The van der Waals surface area contributed by atoms with Crippen molar-refractivity contribution < 1.29 is 14.3 Å². The second kappa shape index (κ2) is 8.72. The number of nitrogens with one attached hydrogen (secondary N) is 1. The van der Waals surface area contributed by atoms with Crippen molar-refractivity contribution in [2.45, 2.75) is 45.0 Å².